The average Bonchev–Trinajstić information content (AvgIpc) is 3.45. The maximum Gasteiger partial charge on any atom is 0.243 e. The molecule has 0 atom stereocenters. The molecular formula is C19H20N2O3S. The van der Waals surface area contributed by atoms with Crippen molar-refractivity contribution in [2.24, 2.45) is 0 Å². The van der Waals surface area contributed by atoms with Crippen molar-refractivity contribution in [1.29, 1.82) is 5.26 Å². The Morgan fingerprint density at radius 3 is 2.44 bits per heavy atom. The smallest absolute Gasteiger partial charge is 0.243 e. The monoisotopic (exact) mass is 356 g/mol. The summed E-state index contributed by atoms with van der Waals surface area (Å²) in [5, 5.41) is 8.86. The van der Waals surface area contributed by atoms with E-state index in [1.54, 1.807) is 0 Å². The molecule has 0 heterocycles. The molecule has 1 aliphatic carbocycles. The highest BCUT2D eigenvalue weighted by molar-refractivity contribution is 7.89. The zero-order chi connectivity index (χ0) is 17.9. The van der Waals surface area contributed by atoms with Gasteiger partial charge in [-0.15, -0.1) is 0 Å². The summed E-state index contributed by atoms with van der Waals surface area (Å²) >= 11 is 0. The number of rotatable bonds is 7. The topological polar surface area (TPSA) is 70.4 Å². The van der Waals surface area contributed by atoms with E-state index in [2.05, 4.69) is 0 Å². The molecule has 6 heteroatoms. The normalized spacial score (nSPS) is 14.3. The van der Waals surface area contributed by atoms with E-state index in [0.717, 1.165) is 24.2 Å². The summed E-state index contributed by atoms with van der Waals surface area (Å²) in [5.74, 6) is 0.772. The van der Waals surface area contributed by atoms with E-state index in [9.17, 15) is 8.42 Å². The van der Waals surface area contributed by atoms with Crippen LogP contribution in [-0.2, 0) is 10.0 Å². The van der Waals surface area contributed by atoms with Gasteiger partial charge in [0.1, 0.15) is 12.4 Å². The van der Waals surface area contributed by atoms with Gasteiger partial charge in [-0.05, 0) is 55.7 Å². The SMILES string of the molecule is Cc1ccccc1OCCN(C1CC1)S(=O)(=O)c1ccc(C#N)cc1. The number of nitriles is 1. The Kier molecular flexibility index (Phi) is 5.07. The summed E-state index contributed by atoms with van der Waals surface area (Å²) in [6, 6.07) is 15.8. The van der Waals surface area contributed by atoms with E-state index in [0.29, 0.717) is 18.7 Å². The Hall–Kier alpha value is -2.36. The van der Waals surface area contributed by atoms with E-state index in [-0.39, 0.29) is 10.9 Å². The summed E-state index contributed by atoms with van der Waals surface area (Å²) in [6.45, 7) is 2.57. The van der Waals surface area contributed by atoms with Crippen LogP contribution < -0.4 is 4.74 Å². The van der Waals surface area contributed by atoms with Crippen LogP contribution in [0.5, 0.6) is 5.75 Å². The number of benzene rings is 2. The fourth-order valence-electron chi connectivity index (χ4n) is 2.66. The van der Waals surface area contributed by atoms with Crippen LogP contribution in [0.25, 0.3) is 0 Å². The van der Waals surface area contributed by atoms with Gasteiger partial charge in [0, 0.05) is 12.6 Å². The summed E-state index contributed by atoms with van der Waals surface area (Å²) in [6.07, 6.45) is 1.75. The van der Waals surface area contributed by atoms with Crippen LogP contribution >= 0.6 is 0 Å². The summed E-state index contributed by atoms with van der Waals surface area (Å²) in [7, 11) is -3.58. The van der Waals surface area contributed by atoms with Crippen LogP contribution in [-0.4, -0.2) is 31.9 Å². The standard InChI is InChI=1S/C19H20N2O3S/c1-15-4-2-3-5-19(15)24-13-12-21(17-8-9-17)25(22,23)18-10-6-16(14-20)7-11-18/h2-7,10-11,17H,8-9,12-13H2,1H3. The Balaban J connectivity index is 1.72. The van der Waals surface area contributed by atoms with Crippen LogP contribution in [0.1, 0.15) is 24.0 Å². The van der Waals surface area contributed by atoms with Gasteiger partial charge in [-0.1, -0.05) is 18.2 Å². The molecule has 0 aromatic heterocycles. The van der Waals surface area contributed by atoms with E-state index in [1.807, 2.05) is 37.3 Å². The highest BCUT2D eigenvalue weighted by Gasteiger charge is 2.37. The molecule has 0 saturated heterocycles. The molecule has 5 nitrogen and oxygen atoms in total. The van der Waals surface area contributed by atoms with Crippen molar-refractivity contribution in [1.82, 2.24) is 4.31 Å². The summed E-state index contributed by atoms with van der Waals surface area (Å²) in [4.78, 5) is 0.217. The van der Waals surface area contributed by atoms with Gasteiger partial charge in [0.05, 0.1) is 16.5 Å². The minimum atomic E-state index is -3.58. The molecule has 1 fully saturated rings. The highest BCUT2D eigenvalue weighted by Crippen LogP contribution is 2.32. The van der Waals surface area contributed by atoms with Gasteiger partial charge in [-0.3, -0.25) is 0 Å². The second-order valence-corrected chi connectivity index (χ2v) is 7.99. The maximum absolute atomic E-state index is 12.9. The molecule has 0 aliphatic heterocycles. The lowest BCUT2D eigenvalue weighted by atomic mass is 10.2. The van der Waals surface area contributed by atoms with Crippen molar-refractivity contribution in [2.45, 2.75) is 30.7 Å². The Bertz CT molecular complexity index is 882. The second kappa shape index (κ2) is 7.26. The quantitative estimate of drug-likeness (QED) is 0.764. The van der Waals surface area contributed by atoms with Crippen LogP contribution in [0, 0.1) is 18.3 Å². The first kappa shape index (κ1) is 17.5. The van der Waals surface area contributed by atoms with Gasteiger partial charge in [0.2, 0.25) is 10.0 Å². The lowest BCUT2D eigenvalue weighted by Gasteiger charge is -2.22. The number of ether oxygens (including phenoxy) is 1. The van der Waals surface area contributed by atoms with E-state index < -0.39 is 10.0 Å². The molecule has 0 radical (unpaired) electrons. The molecule has 1 aliphatic rings. The second-order valence-electron chi connectivity index (χ2n) is 6.10. The van der Waals surface area contributed by atoms with Crippen molar-refractivity contribution < 1.29 is 13.2 Å². The van der Waals surface area contributed by atoms with Gasteiger partial charge < -0.3 is 4.74 Å². The largest absolute Gasteiger partial charge is 0.492 e. The van der Waals surface area contributed by atoms with Crippen LogP contribution in [0.15, 0.2) is 53.4 Å². The molecule has 1 saturated carbocycles. The fourth-order valence-corrected chi connectivity index (χ4v) is 4.33. The van der Waals surface area contributed by atoms with Crippen molar-refractivity contribution in [3.63, 3.8) is 0 Å². The van der Waals surface area contributed by atoms with Crippen molar-refractivity contribution in [3.05, 3.63) is 59.7 Å². The number of para-hydroxylation sites is 1. The van der Waals surface area contributed by atoms with Gasteiger partial charge in [0.25, 0.3) is 0 Å². The van der Waals surface area contributed by atoms with Crippen LogP contribution in [0.2, 0.25) is 0 Å². The van der Waals surface area contributed by atoms with Crippen LogP contribution in [0.4, 0.5) is 0 Å². The highest BCUT2D eigenvalue weighted by atomic mass is 32.2. The first-order chi connectivity index (χ1) is 12.0. The predicted molar refractivity (Wildman–Crippen MR) is 94.7 cm³/mol. The molecule has 0 unspecified atom stereocenters. The van der Waals surface area contributed by atoms with E-state index in [1.165, 1.54) is 28.6 Å². The molecule has 2 aromatic rings. The first-order valence-corrected chi connectivity index (χ1v) is 9.67. The predicted octanol–water partition coefficient (Wildman–Crippen LogP) is 3.10. The van der Waals surface area contributed by atoms with Gasteiger partial charge >= 0.3 is 0 Å². The minimum absolute atomic E-state index is 0.0427. The van der Waals surface area contributed by atoms with Crippen LogP contribution in [0.3, 0.4) is 0 Å². The molecule has 0 amide bonds. The number of hydrogen-bond donors (Lipinski definition) is 0. The maximum atomic E-state index is 12.9. The molecule has 3 rings (SSSR count). The Labute approximate surface area is 148 Å². The van der Waals surface area contributed by atoms with Crippen molar-refractivity contribution in [2.75, 3.05) is 13.2 Å². The molecule has 0 N–H and O–H groups in total. The zero-order valence-corrected chi connectivity index (χ0v) is 14.9. The lowest BCUT2D eigenvalue weighted by molar-refractivity contribution is 0.268. The molecule has 0 spiro atoms. The van der Waals surface area contributed by atoms with Gasteiger partial charge in [0.15, 0.2) is 0 Å². The summed E-state index contributed by atoms with van der Waals surface area (Å²) in [5.41, 5.74) is 1.47. The Morgan fingerprint density at radius 2 is 1.84 bits per heavy atom. The average molecular weight is 356 g/mol. The minimum Gasteiger partial charge on any atom is -0.492 e. The number of aryl methyl sites for hydroxylation is 1. The number of sulfonamides is 1. The number of nitrogens with zero attached hydrogens (tertiary/aromatic N) is 2. The van der Waals surface area contributed by atoms with E-state index in [4.69, 9.17) is 10.00 Å². The first-order valence-electron chi connectivity index (χ1n) is 8.23. The molecule has 25 heavy (non-hydrogen) atoms. The van der Waals surface area contributed by atoms with Gasteiger partial charge in [-0.25, -0.2) is 8.42 Å². The van der Waals surface area contributed by atoms with Crippen molar-refractivity contribution >= 4 is 10.0 Å². The van der Waals surface area contributed by atoms with Gasteiger partial charge in [-0.2, -0.15) is 9.57 Å². The van der Waals surface area contributed by atoms with Crippen molar-refractivity contribution in [3.8, 4) is 11.8 Å². The third kappa shape index (κ3) is 4.01. The fraction of sp³-hybridized carbons (Fsp3) is 0.316. The third-order valence-corrected chi connectivity index (χ3v) is 6.17. The molecule has 0 bridgehead atoms. The lowest BCUT2D eigenvalue weighted by Crippen LogP contribution is -2.36. The molecule has 2 aromatic carbocycles. The third-order valence-electron chi connectivity index (χ3n) is 4.21. The number of hydrogen-bond acceptors (Lipinski definition) is 4. The zero-order valence-electron chi connectivity index (χ0n) is 14.1. The summed E-state index contributed by atoms with van der Waals surface area (Å²) < 4.78 is 33.1. The molecular weight excluding hydrogens is 336 g/mol. The Morgan fingerprint density at radius 1 is 1.16 bits per heavy atom. The molecule has 130 valence electrons. The van der Waals surface area contributed by atoms with E-state index >= 15 is 0 Å².